The molecule has 0 saturated heterocycles. The van der Waals surface area contributed by atoms with E-state index in [9.17, 15) is 0 Å². The highest BCUT2D eigenvalue weighted by atomic mass is 16.5. The lowest BCUT2D eigenvalue weighted by Crippen LogP contribution is -2.41. The zero-order valence-corrected chi connectivity index (χ0v) is 13.4. The van der Waals surface area contributed by atoms with E-state index in [1.165, 1.54) is 51.4 Å². The van der Waals surface area contributed by atoms with Gasteiger partial charge in [-0.15, -0.1) is 0 Å². The predicted molar refractivity (Wildman–Crippen MR) is 81.5 cm³/mol. The van der Waals surface area contributed by atoms with Crippen LogP contribution in [-0.4, -0.2) is 26.4 Å². The maximum atomic E-state index is 5.87. The van der Waals surface area contributed by atoms with E-state index in [0.717, 1.165) is 32.3 Å². The average Bonchev–Trinajstić information content (AvgIpc) is 2.48. The molecule has 114 valence electrons. The second-order valence-corrected chi connectivity index (χ2v) is 6.08. The van der Waals surface area contributed by atoms with Crippen molar-refractivity contribution < 1.29 is 9.47 Å². The van der Waals surface area contributed by atoms with Gasteiger partial charge in [-0.25, -0.2) is 0 Å². The monoisotopic (exact) mass is 270 g/mol. The van der Waals surface area contributed by atoms with Gasteiger partial charge in [-0.05, 0) is 39.0 Å². The second kappa shape index (κ2) is 9.77. The Balaban J connectivity index is 2.73. The van der Waals surface area contributed by atoms with Crippen LogP contribution >= 0.6 is 0 Å². The molecule has 0 radical (unpaired) electrons. The Hall–Kier alpha value is -0.0800. The van der Waals surface area contributed by atoms with E-state index in [1.54, 1.807) is 0 Å². The molecule has 0 spiro atoms. The molecule has 1 fully saturated rings. The molecule has 1 aliphatic carbocycles. The van der Waals surface area contributed by atoms with Crippen LogP contribution in [0.25, 0.3) is 0 Å². The highest BCUT2D eigenvalue weighted by Gasteiger charge is 2.39. The molecule has 1 saturated carbocycles. The summed E-state index contributed by atoms with van der Waals surface area (Å²) in [5.41, 5.74) is 0.280. The minimum Gasteiger partial charge on any atom is -0.381 e. The molecule has 0 bridgehead atoms. The number of hydrogen-bond acceptors (Lipinski definition) is 2. The van der Waals surface area contributed by atoms with E-state index < -0.39 is 0 Å². The van der Waals surface area contributed by atoms with Crippen molar-refractivity contribution in [1.29, 1.82) is 0 Å². The summed E-state index contributed by atoms with van der Waals surface area (Å²) in [7, 11) is 0. The third-order valence-electron chi connectivity index (χ3n) is 4.69. The topological polar surface area (TPSA) is 18.5 Å². The van der Waals surface area contributed by atoms with E-state index in [-0.39, 0.29) is 5.41 Å². The van der Waals surface area contributed by atoms with Gasteiger partial charge in [-0.3, -0.25) is 0 Å². The van der Waals surface area contributed by atoms with E-state index in [1.807, 2.05) is 0 Å². The molecule has 1 rings (SSSR count). The molecule has 0 heterocycles. The zero-order valence-electron chi connectivity index (χ0n) is 13.4. The molecule has 0 N–H and O–H groups in total. The first-order valence-electron chi connectivity index (χ1n) is 8.44. The lowest BCUT2D eigenvalue weighted by atomic mass is 9.67. The standard InChI is InChI=1S/C17H34O2/c1-4-7-13-17(14-18-5-2,15-19-6-3)16-11-9-8-10-12-16/h16H,4-15H2,1-3H3. The van der Waals surface area contributed by atoms with Crippen LogP contribution in [0.15, 0.2) is 0 Å². The van der Waals surface area contributed by atoms with Crippen LogP contribution in [0.1, 0.15) is 72.1 Å². The summed E-state index contributed by atoms with van der Waals surface area (Å²) in [6.45, 7) is 9.94. The van der Waals surface area contributed by atoms with Crippen molar-refractivity contribution in [2.75, 3.05) is 26.4 Å². The third-order valence-corrected chi connectivity index (χ3v) is 4.69. The Morgan fingerprint density at radius 3 is 1.95 bits per heavy atom. The number of ether oxygens (including phenoxy) is 2. The molecular formula is C17H34O2. The Labute approximate surface area is 120 Å². The first-order valence-corrected chi connectivity index (χ1v) is 8.44. The molecule has 2 nitrogen and oxygen atoms in total. The van der Waals surface area contributed by atoms with Crippen LogP contribution in [0.2, 0.25) is 0 Å². The van der Waals surface area contributed by atoms with Crippen molar-refractivity contribution in [1.82, 2.24) is 0 Å². The van der Waals surface area contributed by atoms with Gasteiger partial charge in [0.15, 0.2) is 0 Å². The highest BCUT2D eigenvalue weighted by Crippen LogP contribution is 2.43. The van der Waals surface area contributed by atoms with Crippen molar-refractivity contribution in [3.63, 3.8) is 0 Å². The summed E-state index contributed by atoms with van der Waals surface area (Å²) in [5, 5.41) is 0. The molecule has 0 atom stereocenters. The lowest BCUT2D eigenvalue weighted by Gasteiger charge is -2.42. The van der Waals surface area contributed by atoms with Gasteiger partial charge in [0.05, 0.1) is 13.2 Å². The smallest absolute Gasteiger partial charge is 0.0547 e. The molecule has 19 heavy (non-hydrogen) atoms. The third kappa shape index (κ3) is 5.43. The first-order chi connectivity index (χ1) is 9.29. The molecule has 0 aromatic heterocycles. The molecule has 0 aromatic carbocycles. The fourth-order valence-corrected chi connectivity index (χ4v) is 3.48. The maximum Gasteiger partial charge on any atom is 0.0547 e. The Morgan fingerprint density at radius 2 is 1.47 bits per heavy atom. The fourth-order valence-electron chi connectivity index (χ4n) is 3.48. The molecule has 2 heteroatoms. The molecule has 1 aliphatic rings. The second-order valence-electron chi connectivity index (χ2n) is 6.08. The van der Waals surface area contributed by atoms with Crippen molar-refractivity contribution in [3.8, 4) is 0 Å². The minimum atomic E-state index is 0.280. The Kier molecular flexibility index (Phi) is 8.72. The fraction of sp³-hybridized carbons (Fsp3) is 1.00. The van der Waals surface area contributed by atoms with Gasteiger partial charge < -0.3 is 9.47 Å². The number of unbranched alkanes of at least 4 members (excludes halogenated alkanes) is 1. The molecule has 0 amide bonds. The van der Waals surface area contributed by atoms with Crippen LogP contribution in [-0.2, 0) is 9.47 Å². The molecule has 0 aliphatic heterocycles. The average molecular weight is 270 g/mol. The molecule has 0 unspecified atom stereocenters. The lowest BCUT2D eigenvalue weighted by molar-refractivity contribution is -0.0662. The van der Waals surface area contributed by atoms with E-state index in [4.69, 9.17) is 9.47 Å². The minimum absolute atomic E-state index is 0.280. The SMILES string of the molecule is CCCCC(COCC)(COCC)C1CCCCC1. The number of hydrogen-bond donors (Lipinski definition) is 0. The van der Waals surface area contributed by atoms with Gasteiger partial charge in [0, 0.05) is 18.6 Å². The maximum absolute atomic E-state index is 5.87. The summed E-state index contributed by atoms with van der Waals surface area (Å²) in [5.74, 6) is 0.811. The van der Waals surface area contributed by atoms with Crippen molar-refractivity contribution in [2.45, 2.75) is 72.1 Å². The summed E-state index contributed by atoms with van der Waals surface area (Å²) in [6.07, 6.45) is 10.8. The van der Waals surface area contributed by atoms with Crippen molar-refractivity contribution in [2.24, 2.45) is 11.3 Å². The summed E-state index contributed by atoms with van der Waals surface area (Å²) in [4.78, 5) is 0. The first kappa shape index (κ1) is 17.0. The summed E-state index contributed by atoms with van der Waals surface area (Å²) < 4.78 is 11.7. The van der Waals surface area contributed by atoms with E-state index in [0.29, 0.717) is 0 Å². The quantitative estimate of drug-likeness (QED) is 0.567. The van der Waals surface area contributed by atoms with E-state index in [2.05, 4.69) is 20.8 Å². The molecule has 0 aromatic rings. The van der Waals surface area contributed by atoms with Crippen molar-refractivity contribution in [3.05, 3.63) is 0 Å². The van der Waals surface area contributed by atoms with E-state index >= 15 is 0 Å². The van der Waals surface area contributed by atoms with Crippen LogP contribution in [0, 0.1) is 11.3 Å². The molecular weight excluding hydrogens is 236 g/mol. The Bertz CT molecular complexity index is 188. The summed E-state index contributed by atoms with van der Waals surface area (Å²) in [6, 6.07) is 0. The van der Waals surface area contributed by atoms with Crippen LogP contribution in [0.4, 0.5) is 0 Å². The largest absolute Gasteiger partial charge is 0.381 e. The van der Waals surface area contributed by atoms with Gasteiger partial charge >= 0.3 is 0 Å². The van der Waals surface area contributed by atoms with Crippen molar-refractivity contribution >= 4 is 0 Å². The number of rotatable bonds is 10. The predicted octanol–water partition coefficient (Wildman–Crippen LogP) is 4.82. The highest BCUT2D eigenvalue weighted by molar-refractivity contribution is 4.88. The van der Waals surface area contributed by atoms with Crippen LogP contribution in [0.3, 0.4) is 0 Å². The van der Waals surface area contributed by atoms with Gasteiger partial charge in [0.1, 0.15) is 0 Å². The van der Waals surface area contributed by atoms with Gasteiger partial charge in [0.25, 0.3) is 0 Å². The van der Waals surface area contributed by atoms with Gasteiger partial charge in [-0.2, -0.15) is 0 Å². The van der Waals surface area contributed by atoms with Gasteiger partial charge in [-0.1, -0.05) is 39.0 Å². The Morgan fingerprint density at radius 1 is 0.895 bits per heavy atom. The normalized spacial score (nSPS) is 17.8. The summed E-state index contributed by atoms with van der Waals surface area (Å²) >= 11 is 0. The van der Waals surface area contributed by atoms with Gasteiger partial charge in [0.2, 0.25) is 0 Å². The zero-order chi connectivity index (χ0) is 14.0. The van der Waals surface area contributed by atoms with Crippen LogP contribution < -0.4 is 0 Å². The van der Waals surface area contributed by atoms with Crippen LogP contribution in [0.5, 0.6) is 0 Å².